The van der Waals surface area contributed by atoms with E-state index in [4.69, 9.17) is 15.2 Å². The van der Waals surface area contributed by atoms with Crippen LogP contribution in [0.5, 0.6) is 11.8 Å². The highest BCUT2D eigenvalue weighted by molar-refractivity contribution is 5.95. The van der Waals surface area contributed by atoms with Gasteiger partial charge < -0.3 is 15.2 Å². The van der Waals surface area contributed by atoms with Crippen molar-refractivity contribution in [2.24, 2.45) is 5.73 Å². The Hall–Kier alpha value is -1.85. The summed E-state index contributed by atoms with van der Waals surface area (Å²) in [5.74, 6) is -0.326. The Morgan fingerprint density at radius 2 is 2.08 bits per heavy atom. The summed E-state index contributed by atoms with van der Waals surface area (Å²) in [6.45, 7) is 0. The van der Waals surface area contributed by atoms with Crippen molar-refractivity contribution in [1.29, 1.82) is 0 Å². The highest BCUT2D eigenvalue weighted by atomic mass is 16.5. The van der Waals surface area contributed by atoms with Crippen molar-refractivity contribution in [1.82, 2.24) is 10.2 Å². The smallest absolute Gasteiger partial charge is 0.254 e. The number of carbonyl (C=O) groups excluding carboxylic acids is 1. The monoisotopic (exact) mass is 183 g/mol. The molecular formula is C7H9N3O3. The highest BCUT2D eigenvalue weighted by Crippen LogP contribution is 2.16. The fourth-order valence-electron chi connectivity index (χ4n) is 0.790. The van der Waals surface area contributed by atoms with E-state index < -0.39 is 5.91 Å². The Kier molecular flexibility index (Phi) is 2.63. The second-order valence-corrected chi connectivity index (χ2v) is 2.17. The molecule has 2 N–H and O–H groups in total. The average molecular weight is 183 g/mol. The van der Waals surface area contributed by atoms with Gasteiger partial charge >= 0.3 is 0 Å². The molecule has 6 heteroatoms. The first kappa shape index (κ1) is 9.24. The fraction of sp³-hybridized carbons (Fsp3) is 0.286. The number of carbonyl (C=O) groups is 1. The van der Waals surface area contributed by atoms with Crippen molar-refractivity contribution in [3.8, 4) is 11.8 Å². The van der Waals surface area contributed by atoms with Gasteiger partial charge in [0.15, 0.2) is 0 Å². The maximum Gasteiger partial charge on any atom is 0.254 e. The van der Waals surface area contributed by atoms with E-state index in [2.05, 4.69) is 10.2 Å². The Balaban J connectivity index is 3.18. The zero-order chi connectivity index (χ0) is 9.84. The summed E-state index contributed by atoms with van der Waals surface area (Å²) in [5, 5.41) is 7.20. The van der Waals surface area contributed by atoms with Crippen LogP contribution in [0, 0.1) is 0 Å². The van der Waals surface area contributed by atoms with Crippen molar-refractivity contribution < 1.29 is 14.3 Å². The number of aromatic nitrogens is 2. The van der Waals surface area contributed by atoms with E-state index >= 15 is 0 Å². The van der Waals surface area contributed by atoms with Crippen LogP contribution >= 0.6 is 0 Å². The average Bonchev–Trinajstić information content (AvgIpc) is 2.16. The summed E-state index contributed by atoms with van der Waals surface area (Å²) in [7, 11) is 2.80. The number of amides is 1. The zero-order valence-corrected chi connectivity index (χ0v) is 7.27. The molecule has 0 radical (unpaired) electrons. The van der Waals surface area contributed by atoms with Gasteiger partial charge in [-0.15, -0.1) is 10.2 Å². The number of nitrogens with two attached hydrogens (primary N) is 1. The first-order chi connectivity index (χ1) is 6.19. The molecule has 0 saturated carbocycles. The van der Waals surface area contributed by atoms with Crippen LogP contribution in [0.25, 0.3) is 0 Å². The SMILES string of the molecule is COc1cc(C(N)=O)c(OC)nn1. The predicted octanol–water partition coefficient (Wildman–Crippen LogP) is -0.407. The molecule has 1 aromatic heterocycles. The number of hydrogen-bond acceptors (Lipinski definition) is 5. The lowest BCUT2D eigenvalue weighted by molar-refractivity contribution is 0.0995. The molecule has 1 rings (SSSR count). The molecule has 0 spiro atoms. The lowest BCUT2D eigenvalue weighted by Gasteiger charge is -2.04. The van der Waals surface area contributed by atoms with E-state index in [0.717, 1.165) is 0 Å². The van der Waals surface area contributed by atoms with Gasteiger partial charge in [0.1, 0.15) is 5.56 Å². The van der Waals surface area contributed by atoms with Crippen LogP contribution in [0.15, 0.2) is 6.07 Å². The molecule has 0 aliphatic heterocycles. The van der Waals surface area contributed by atoms with Gasteiger partial charge in [0.2, 0.25) is 11.8 Å². The van der Waals surface area contributed by atoms with E-state index in [0.29, 0.717) is 0 Å². The number of ether oxygens (including phenoxy) is 2. The van der Waals surface area contributed by atoms with E-state index in [1.807, 2.05) is 0 Å². The third-order valence-electron chi connectivity index (χ3n) is 1.41. The van der Waals surface area contributed by atoms with Gasteiger partial charge in [0, 0.05) is 6.07 Å². The van der Waals surface area contributed by atoms with Crippen LogP contribution in [0.1, 0.15) is 10.4 Å². The molecule has 13 heavy (non-hydrogen) atoms. The molecule has 1 heterocycles. The van der Waals surface area contributed by atoms with Crippen LogP contribution in [0.4, 0.5) is 0 Å². The van der Waals surface area contributed by atoms with Gasteiger partial charge in [0.05, 0.1) is 14.2 Å². The van der Waals surface area contributed by atoms with Crippen molar-refractivity contribution >= 4 is 5.91 Å². The summed E-state index contributed by atoms with van der Waals surface area (Å²) in [6, 6.07) is 1.37. The standard InChI is InChI=1S/C7H9N3O3/c1-12-5-3-4(6(8)11)7(13-2)10-9-5/h3H,1-2H3,(H2,8,11). The fourth-order valence-corrected chi connectivity index (χ4v) is 0.790. The molecule has 70 valence electrons. The van der Waals surface area contributed by atoms with E-state index in [9.17, 15) is 4.79 Å². The summed E-state index contributed by atoms with van der Waals surface area (Å²) < 4.78 is 9.54. The molecular weight excluding hydrogens is 174 g/mol. The number of methoxy groups -OCH3 is 2. The summed E-state index contributed by atoms with van der Waals surface area (Å²) in [6.07, 6.45) is 0. The first-order valence-corrected chi connectivity index (χ1v) is 3.44. The van der Waals surface area contributed by atoms with E-state index in [1.165, 1.54) is 20.3 Å². The molecule has 1 amide bonds. The number of primary amides is 1. The molecule has 0 unspecified atom stereocenters. The Morgan fingerprint density at radius 3 is 2.54 bits per heavy atom. The molecule has 0 bridgehead atoms. The Bertz CT molecular complexity index is 327. The van der Waals surface area contributed by atoms with Crippen LogP contribution in [0.2, 0.25) is 0 Å². The van der Waals surface area contributed by atoms with Gasteiger partial charge in [-0.1, -0.05) is 0 Å². The topological polar surface area (TPSA) is 87.3 Å². The minimum absolute atomic E-state index is 0.0910. The summed E-state index contributed by atoms with van der Waals surface area (Å²) in [5.41, 5.74) is 5.22. The van der Waals surface area contributed by atoms with Crippen LogP contribution in [-0.2, 0) is 0 Å². The number of hydrogen-bond donors (Lipinski definition) is 1. The van der Waals surface area contributed by atoms with Gasteiger partial charge in [-0.2, -0.15) is 0 Å². The largest absolute Gasteiger partial charge is 0.480 e. The highest BCUT2D eigenvalue weighted by Gasteiger charge is 2.12. The van der Waals surface area contributed by atoms with E-state index in [-0.39, 0.29) is 17.3 Å². The van der Waals surface area contributed by atoms with Crippen molar-refractivity contribution in [3.63, 3.8) is 0 Å². The molecule has 0 aliphatic carbocycles. The molecule has 0 aromatic carbocycles. The normalized spacial score (nSPS) is 9.38. The minimum atomic E-state index is -0.634. The van der Waals surface area contributed by atoms with Gasteiger partial charge in [-0.3, -0.25) is 4.79 Å². The number of rotatable bonds is 3. The van der Waals surface area contributed by atoms with E-state index in [1.54, 1.807) is 0 Å². The molecule has 0 saturated heterocycles. The minimum Gasteiger partial charge on any atom is -0.480 e. The molecule has 0 atom stereocenters. The second kappa shape index (κ2) is 3.70. The van der Waals surface area contributed by atoms with Crippen molar-refractivity contribution in [2.75, 3.05) is 14.2 Å². The van der Waals surface area contributed by atoms with Gasteiger partial charge in [0.25, 0.3) is 5.91 Å². The summed E-state index contributed by atoms with van der Waals surface area (Å²) >= 11 is 0. The maximum atomic E-state index is 10.9. The van der Waals surface area contributed by atoms with Crippen molar-refractivity contribution in [2.45, 2.75) is 0 Å². The van der Waals surface area contributed by atoms with Gasteiger partial charge in [-0.25, -0.2) is 0 Å². The molecule has 0 fully saturated rings. The quantitative estimate of drug-likeness (QED) is 0.688. The van der Waals surface area contributed by atoms with Crippen LogP contribution in [-0.4, -0.2) is 30.3 Å². The van der Waals surface area contributed by atoms with Crippen LogP contribution < -0.4 is 15.2 Å². The lowest BCUT2D eigenvalue weighted by Crippen LogP contribution is -2.14. The Labute approximate surface area is 74.7 Å². The lowest BCUT2D eigenvalue weighted by atomic mass is 10.3. The molecule has 1 aromatic rings. The number of nitrogens with zero attached hydrogens (tertiary/aromatic N) is 2. The molecule has 0 aliphatic rings. The zero-order valence-electron chi connectivity index (χ0n) is 7.27. The van der Waals surface area contributed by atoms with Crippen molar-refractivity contribution in [3.05, 3.63) is 11.6 Å². The Morgan fingerprint density at radius 1 is 1.38 bits per heavy atom. The second-order valence-electron chi connectivity index (χ2n) is 2.17. The van der Waals surface area contributed by atoms with Gasteiger partial charge in [-0.05, 0) is 0 Å². The summed E-state index contributed by atoms with van der Waals surface area (Å²) in [4.78, 5) is 10.9. The molecule has 6 nitrogen and oxygen atoms in total. The predicted molar refractivity (Wildman–Crippen MR) is 43.7 cm³/mol. The first-order valence-electron chi connectivity index (χ1n) is 3.44. The third-order valence-corrected chi connectivity index (χ3v) is 1.41. The third kappa shape index (κ3) is 1.84. The van der Waals surface area contributed by atoms with Crippen LogP contribution in [0.3, 0.4) is 0 Å². The maximum absolute atomic E-state index is 10.9.